The van der Waals surface area contributed by atoms with Gasteiger partial charge in [0.05, 0.1) is 18.3 Å². The fraction of sp³-hybridized carbons (Fsp3) is 0.846. The molecule has 0 saturated carbocycles. The van der Waals surface area contributed by atoms with Gasteiger partial charge in [-0.05, 0) is 27.7 Å². The topological polar surface area (TPSA) is 38.7 Å². The second kappa shape index (κ2) is 3.31. The van der Waals surface area contributed by atoms with Gasteiger partial charge in [-0.15, -0.1) is 0 Å². The van der Waals surface area contributed by atoms with Crippen LogP contribution in [0.2, 0.25) is 0 Å². The number of hydrogen-bond donors (Lipinski definition) is 1. The van der Waals surface area contributed by atoms with Crippen molar-refractivity contribution >= 4 is 0 Å². The van der Waals surface area contributed by atoms with Gasteiger partial charge in [-0.1, -0.05) is 19.1 Å². The molecule has 0 aromatic rings. The molecule has 0 bridgehead atoms. The van der Waals surface area contributed by atoms with Gasteiger partial charge in [0.25, 0.3) is 0 Å². The third kappa shape index (κ3) is 1.81. The zero-order valence-corrected chi connectivity index (χ0v) is 10.8. The summed E-state index contributed by atoms with van der Waals surface area (Å²) in [6.07, 6.45) is 4.23. The Labute approximate surface area is 97.4 Å². The van der Waals surface area contributed by atoms with Crippen molar-refractivity contribution in [2.75, 3.05) is 6.61 Å². The number of rotatable bonds is 2. The van der Waals surface area contributed by atoms with Crippen LogP contribution in [0.15, 0.2) is 12.2 Å². The van der Waals surface area contributed by atoms with Gasteiger partial charge in [-0.25, -0.2) is 0 Å². The monoisotopic (exact) mass is 226 g/mol. The SMILES string of the molecule is CC1(C)OC[C@H]([C@@]2(C)C=C[C@H]2C(C)(C)O)O1. The van der Waals surface area contributed by atoms with Gasteiger partial charge in [0.1, 0.15) is 0 Å². The van der Waals surface area contributed by atoms with Crippen molar-refractivity contribution < 1.29 is 14.6 Å². The first-order valence-electron chi connectivity index (χ1n) is 5.89. The Morgan fingerprint density at radius 2 is 1.94 bits per heavy atom. The minimum atomic E-state index is -0.709. The van der Waals surface area contributed by atoms with Gasteiger partial charge in [0.2, 0.25) is 0 Å². The average Bonchev–Trinajstić information content (AvgIpc) is 2.39. The number of aliphatic hydroxyl groups is 1. The molecule has 3 atom stereocenters. The largest absolute Gasteiger partial charge is 0.390 e. The molecule has 1 N–H and O–H groups in total. The van der Waals surface area contributed by atoms with Crippen molar-refractivity contribution in [3.05, 3.63) is 12.2 Å². The van der Waals surface area contributed by atoms with Gasteiger partial charge < -0.3 is 14.6 Å². The average molecular weight is 226 g/mol. The molecule has 16 heavy (non-hydrogen) atoms. The molecular weight excluding hydrogens is 204 g/mol. The molecule has 0 spiro atoms. The second-order valence-corrected chi connectivity index (χ2v) is 6.17. The summed E-state index contributed by atoms with van der Waals surface area (Å²) in [5.41, 5.74) is -0.828. The first kappa shape index (κ1) is 12.1. The lowest BCUT2D eigenvalue weighted by atomic mass is 9.59. The molecule has 2 aliphatic rings. The molecule has 0 radical (unpaired) electrons. The van der Waals surface area contributed by atoms with Crippen LogP contribution in [-0.4, -0.2) is 29.2 Å². The van der Waals surface area contributed by atoms with E-state index in [1.54, 1.807) is 0 Å². The molecule has 1 heterocycles. The summed E-state index contributed by atoms with van der Waals surface area (Å²) in [6, 6.07) is 0. The lowest BCUT2D eigenvalue weighted by Gasteiger charge is -2.49. The quantitative estimate of drug-likeness (QED) is 0.733. The molecule has 3 heteroatoms. The van der Waals surface area contributed by atoms with Crippen molar-refractivity contribution in [1.82, 2.24) is 0 Å². The maximum absolute atomic E-state index is 10.1. The van der Waals surface area contributed by atoms with Gasteiger partial charge in [0.15, 0.2) is 5.79 Å². The first-order valence-corrected chi connectivity index (χ1v) is 5.89. The van der Waals surface area contributed by atoms with Gasteiger partial charge in [-0.3, -0.25) is 0 Å². The summed E-state index contributed by atoms with van der Waals surface area (Å²) in [7, 11) is 0. The van der Waals surface area contributed by atoms with Crippen LogP contribution < -0.4 is 0 Å². The predicted molar refractivity (Wildman–Crippen MR) is 61.9 cm³/mol. The smallest absolute Gasteiger partial charge is 0.163 e. The molecule has 1 aliphatic heterocycles. The Hall–Kier alpha value is -0.380. The van der Waals surface area contributed by atoms with Crippen LogP contribution in [0.25, 0.3) is 0 Å². The molecule has 0 amide bonds. The maximum Gasteiger partial charge on any atom is 0.163 e. The van der Waals surface area contributed by atoms with Crippen molar-refractivity contribution in [3.63, 3.8) is 0 Å². The zero-order chi connectivity index (χ0) is 12.2. The molecule has 92 valence electrons. The van der Waals surface area contributed by atoms with Crippen LogP contribution >= 0.6 is 0 Å². The van der Waals surface area contributed by atoms with E-state index in [0.717, 1.165) is 0 Å². The van der Waals surface area contributed by atoms with Gasteiger partial charge in [-0.2, -0.15) is 0 Å². The summed E-state index contributed by atoms with van der Waals surface area (Å²) in [5.74, 6) is -0.371. The highest BCUT2D eigenvalue weighted by Crippen LogP contribution is 2.50. The third-order valence-electron chi connectivity index (χ3n) is 3.78. The standard InChI is InChI=1S/C13H22O3/c1-11(2,14)9-6-7-13(9,5)10-8-15-12(3,4)16-10/h6-7,9-10,14H,8H2,1-5H3/t9-,10+,13-/m0/s1. The Balaban J connectivity index is 2.14. The van der Waals surface area contributed by atoms with Crippen LogP contribution in [0.4, 0.5) is 0 Å². The third-order valence-corrected chi connectivity index (χ3v) is 3.78. The second-order valence-electron chi connectivity index (χ2n) is 6.17. The van der Waals surface area contributed by atoms with Crippen LogP contribution in [0.1, 0.15) is 34.6 Å². The van der Waals surface area contributed by atoms with Gasteiger partial charge in [0, 0.05) is 11.3 Å². The highest BCUT2D eigenvalue weighted by molar-refractivity contribution is 5.24. The van der Waals surface area contributed by atoms with E-state index >= 15 is 0 Å². The summed E-state index contributed by atoms with van der Waals surface area (Å²) in [4.78, 5) is 0. The van der Waals surface area contributed by atoms with Crippen LogP contribution in [0, 0.1) is 11.3 Å². The minimum Gasteiger partial charge on any atom is -0.390 e. The molecule has 1 fully saturated rings. The van der Waals surface area contributed by atoms with Crippen LogP contribution in [0.5, 0.6) is 0 Å². The fourth-order valence-corrected chi connectivity index (χ4v) is 2.79. The molecule has 3 nitrogen and oxygen atoms in total. The molecule has 0 aromatic carbocycles. The molecule has 2 rings (SSSR count). The number of hydrogen-bond acceptors (Lipinski definition) is 3. The van der Waals surface area contributed by atoms with Crippen molar-refractivity contribution in [1.29, 1.82) is 0 Å². The van der Waals surface area contributed by atoms with E-state index in [4.69, 9.17) is 9.47 Å². The molecular formula is C13H22O3. The van der Waals surface area contributed by atoms with E-state index in [2.05, 4.69) is 19.1 Å². The molecule has 0 unspecified atom stereocenters. The lowest BCUT2D eigenvalue weighted by Crippen LogP contribution is -2.52. The Morgan fingerprint density at radius 3 is 2.25 bits per heavy atom. The van der Waals surface area contributed by atoms with E-state index in [0.29, 0.717) is 6.61 Å². The van der Waals surface area contributed by atoms with E-state index in [1.807, 2.05) is 27.7 Å². The van der Waals surface area contributed by atoms with Crippen LogP contribution in [-0.2, 0) is 9.47 Å². The highest BCUT2D eigenvalue weighted by Gasteiger charge is 2.53. The summed E-state index contributed by atoms with van der Waals surface area (Å²) in [6.45, 7) is 10.3. The van der Waals surface area contributed by atoms with Crippen molar-refractivity contribution in [2.45, 2.75) is 52.1 Å². The van der Waals surface area contributed by atoms with Crippen molar-refractivity contribution in [3.8, 4) is 0 Å². The van der Waals surface area contributed by atoms with Crippen LogP contribution in [0.3, 0.4) is 0 Å². The van der Waals surface area contributed by atoms with E-state index in [-0.39, 0.29) is 17.4 Å². The summed E-state index contributed by atoms with van der Waals surface area (Å²) < 4.78 is 11.5. The maximum atomic E-state index is 10.1. The first-order chi connectivity index (χ1) is 7.15. The lowest BCUT2D eigenvalue weighted by molar-refractivity contribution is -0.161. The van der Waals surface area contributed by atoms with E-state index in [1.165, 1.54) is 0 Å². The minimum absolute atomic E-state index is 0.0314. The number of ether oxygens (including phenoxy) is 2. The predicted octanol–water partition coefficient (Wildman–Crippen LogP) is 2.10. The zero-order valence-electron chi connectivity index (χ0n) is 10.8. The fourth-order valence-electron chi connectivity index (χ4n) is 2.79. The Bertz CT molecular complexity index is 314. The van der Waals surface area contributed by atoms with E-state index < -0.39 is 11.4 Å². The Kier molecular flexibility index (Phi) is 2.50. The highest BCUT2D eigenvalue weighted by atomic mass is 16.7. The summed E-state index contributed by atoms with van der Waals surface area (Å²) >= 11 is 0. The van der Waals surface area contributed by atoms with Gasteiger partial charge >= 0.3 is 0 Å². The normalized spacial score (nSPS) is 42.1. The summed E-state index contributed by atoms with van der Waals surface area (Å²) in [5, 5.41) is 10.1. The van der Waals surface area contributed by atoms with Crippen molar-refractivity contribution in [2.24, 2.45) is 11.3 Å². The molecule has 1 saturated heterocycles. The molecule has 0 aromatic heterocycles. The molecule has 1 aliphatic carbocycles. The van der Waals surface area contributed by atoms with E-state index in [9.17, 15) is 5.11 Å². The Morgan fingerprint density at radius 1 is 1.31 bits per heavy atom.